The summed E-state index contributed by atoms with van der Waals surface area (Å²) in [5, 5.41) is 2.98. The summed E-state index contributed by atoms with van der Waals surface area (Å²) in [5.41, 5.74) is 1.98. The Bertz CT molecular complexity index is 1090. The van der Waals surface area contributed by atoms with Crippen LogP contribution in [0.5, 0.6) is 0 Å². The molecule has 0 spiro atoms. The molecule has 0 unspecified atom stereocenters. The smallest absolute Gasteiger partial charge is 0.405 e. The van der Waals surface area contributed by atoms with E-state index in [-0.39, 0.29) is 28.4 Å². The van der Waals surface area contributed by atoms with Crippen LogP contribution in [-0.4, -0.2) is 53.9 Å². The summed E-state index contributed by atoms with van der Waals surface area (Å²) in [4.78, 5) is 14.2. The lowest BCUT2D eigenvalue weighted by Gasteiger charge is -2.32. The Labute approximate surface area is 250 Å². The van der Waals surface area contributed by atoms with E-state index in [0.29, 0.717) is 19.6 Å². The van der Waals surface area contributed by atoms with Crippen molar-refractivity contribution in [3.8, 4) is 0 Å². The van der Waals surface area contributed by atoms with E-state index in [4.69, 9.17) is 18.6 Å². The first kappa shape index (κ1) is 32.7. The van der Waals surface area contributed by atoms with Crippen molar-refractivity contribution in [2.24, 2.45) is 0 Å². The van der Waals surface area contributed by atoms with Crippen molar-refractivity contribution in [2.45, 2.75) is 105 Å². The Balaban J connectivity index is 0.000000225. The van der Waals surface area contributed by atoms with E-state index in [9.17, 15) is 4.79 Å². The Hall–Kier alpha value is -1.84. The Morgan fingerprint density at radius 3 is 1.75 bits per heavy atom. The van der Waals surface area contributed by atoms with Gasteiger partial charge in [-0.1, -0.05) is 64.0 Å². The number of rotatable bonds is 6. The molecule has 2 aliphatic heterocycles. The van der Waals surface area contributed by atoms with Crippen LogP contribution in [-0.2, 0) is 31.7 Å². The van der Waals surface area contributed by atoms with Gasteiger partial charge in [0.25, 0.3) is 0 Å². The van der Waals surface area contributed by atoms with Gasteiger partial charge in [0.15, 0.2) is 0 Å². The van der Waals surface area contributed by atoms with Crippen LogP contribution in [0.1, 0.15) is 79.0 Å². The minimum atomic E-state index is -0.476. The normalized spacial score (nSPS) is 20.1. The Morgan fingerprint density at radius 2 is 1.30 bits per heavy atom. The number of urea groups is 1. The van der Waals surface area contributed by atoms with E-state index in [1.54, 1.807) is 0 Å². The van der Waals surface area contributed by atoms with Crippen LogP contribution in [0.2, 0.25) is 0 Å². The van der Waals surface area contributed by atoms with E-state index in [2.05, 4.69) is 40.3 Å². The molecular weight excluding hydrogens is 570 g/mol. The maximum Gasteiger partial charge on any atom is 0.488 e. The van der Waals surface area contributed by atoms with Crippen molar-refractivity contribution in [1.82, 2.24) is 10.2 Å². The van der Waals surface area contributed by atoms with Crippen molar-refractivity contribution in [2.75, 3.05) is 6.54 Å². The lowest BCUT2D eigenvalue weighted by Crippen LogP contribution is -2.41. The summed E-state index contributed by atoms with van der Waals surface area (Å²) < 4.78 is 24.9. The lowest BCUT2D eigenvalue weighted by atomic mass is 9.49. The highest BCUT2D eigenvalue weighted by atomic mass is 79.9. The van der Waals surface area contributed by atoms with Gasteiger partial charge < -0.3 is 28.8 Å². The maximum atomic E-state index is 12.3. The molecule has 2 aliphatic rings. The second-order valence-electron chi connectivity index (χ2n) is 12.5. The first-order valence-corrected chi connectivity index (χ1v) is 14.8. The van der Waals surface area contributed by atoms with E-state index < -0.39 is 14.0 Å². The van der Waals surface area contributed by atoms with Crippen LogP contribution in [0.4, 0.5) is 4.79 Å². The second kappa shape index (κ2) is 12.6. The molecule has 2 amide bonds. The molecule has 10 heteroatoms. The van der Waals surface area contributed by atoms with E-state index in [1.807, 2.05) is 104 Å². The summed E-state index contributed by atoms with van der Waals surface area (Å²) >= 11 is 3.55. The van der Waals surface area contributed by atoms with Gasteiger partial charge in [0.1, 0.15) is 0 Å². The van der Waals surface area contributed by atoms with E-state index >= 15 is 0 Å². The number of aryl methyl sites for hydroxylation is 1. The first-order valence-electron chi connectivity index (χ1n) is 14.0. The van der Waals surface area contributed by atoms with Gasteiger partial charge in [-0.2, -0.15) is 0 Å². The molecular formula is C30H45B2BrN2O5. The number of carbonyl (C=O) groups is 1. The zero-order valence-corrected chi connectivity index (χ0v) is 27.3. The summed E-state index contributed by atoms with van der Waals surface area (Å²) in [6, 6.07) is 16.1. The molecule has 0 radical (unpaired) electrons. The molecule has 40 heavy (non-hydrogen) atoms. The monoisotopic (exact) mass is 614 g/mol. The van der Waals surface area contributed by atoms with Crippen LogP contribution in [0.15, 0.2) is 53.0 Å². The largest absolute Gasteiger partial charge is 0.488 e. The predicted octanol–water partition coefficient (Wildman–Crippen LogP) is 6.74. The number of amides is 2. The fraction of sp³-hybridized carbons (Fsp3) is 0.567. The molecule has 0 aliphatic carbocycles. The highest BCUT2D eigenvalue weighted by molar-refractivity contribution is 9.10. The molecule has 2 heterocycles. The molecule has 0 atom stereocenters. The third-order valence-corrected chi connectivity index (χ3v) is 9.06. The third kappa shape index (κ3) is 7.71. The lowest BCUT2D eigenvalue weighted by molar-refractivity contribution is 0.00578. The van der Waals surface area contributed by atoms with Gasteiger partial charge in [0, 0.05) is 24.1 Å². The van der Waals surface area contributed by atoms with E-state index in [0.717, 1.165) is 15.6 Å². The number of nitrogens with one attached hydrogen (secondary N) is 1. The Kier molecular flexibility index (Phi) is 10.3. The average molecular weight is 615 g/mol. The molecule has 2 aromatic carbocycles. The van der Waals surface area contributed by atoms with Crippen molar-refractivity contribution in [3.63, 3.8) is 0 Å². The number of benzene rings is 2. The molecule has 7 nitrogen and oxygen atoms in total. The van der Waals surface area contributed by atoms with Crippen molar-refractivity contribution in [1.29, 1.82) is 0 Å². The highest BCUT2D eigenvalue weighted by Gasteiger charge is 2.63. The summed E-state index contributed by atoms with van der Waals surface area (Å²) in [7, 11) is -0.952. The van der Waals surface area contributed by atoms with Crippen LogP contribution in [0.3, 0.4) is 0 Å². The zero-order chi connectivity index (χ0) is 29.9. The Morgan fingerprint density at radius 1 is 0.825 bits per heavy atom. The molecule has 0 bridgehead atoms. The maximum absolute atomic E-state index is 12.3. The molecule has 0 saturated carbocycles. The van der Waals surface area contributed by atoms with Crippen LogP contribution >= 0.6 is 15.9 Å². The second-order valence-corrected chi connectivity index (χ2v) is 13.4. The van der Waals surface area contributed by atoms with Gasteiger partial charge in [-0.3, -0.25) is 0 Å². The van der Waals surface area contributed by atoms with Gasteiger partial charge in [-0.15, -0.1) is 0 Å². The van der Waals surface area contributed by atoms with Gasteiger partial charge in [0.2, 0.25) is 0 Å². The van der Waals surface area contributed by atoms with E-state index in [1.165, 1.54) is 5.56 Å². The van der Waals surface area contributed by atoms with Crippen LogP contribution in [0.25, 0.3) is 0 Å². The van der Waals surface area contributed by atoms with Gasteiger partial charge in [-0.25, -0.2) is 4.79 Å². The summed E-state index contributed by atoms with van der Waals surface area (Å²) in [5.74, 6) is 0. The molecule has 1 N–H and O–H groups in total. The standard InChI is InChI=1S/C18H21BrN2O.C12H24B2O4/c1-3-21(13-16-11-14(2)9-10-17(16)19)18(22)20-12-15-7-5-4-6-8-15;1-9(2)10(3,4)16-13(15-9)14-17-11(5,6)12(7,8)18-14/h4-11H,3,12-13H2,1-2H3,(H,20,22);1-8H3. The number of nitrogens with zero attached hydrogens (tertiary/aromatic N) is 1. The highest BCUT2D eigenvalue weighted by Crippen LogP contribution is 2.42. The predicted molar refractivity (Wildman–Crippen MR) is 166 cm³/mol. The van der Waals surface area contributed by atoms with Crippen molar-refractivity contribution >= 4 is 36.0 Å². The number of halogens is 1. The SMILES string of the molecule is CC1(C)OB(B2OC(C)(C)C(C)(C)O2)OC1(C)C.CCN(Cc1cc(C)ccc1Br)C(=O)NCc1ccccc1. The quantitative estimate of drug-likeness (QED) is 0.365. The van der Waals surface area contributed by atoms with Crippen LogP contribution in [0, 0.1) is 6.92 Å². The molecule has 2 saturated heterocycles. The van der Waals surface area contributed by atoms with Crippen molar-refractivity contribution < 1.29 is 23.4 Å². The van der Waals surface area contributed by atoms with Crippen LogP contribution < -0.4 is 5.32 Å². The fourth-order valence-electron chi connectivity index (χ4n) is 4.24. The summed E-state index contributed by atoms with van der Waals surface area (Å²) in [6.07, 6.45) is 0. The third-order valence-electron chi connectivity index (χ3n) is 8.28. The summed E-state index contributed by atoms with van der Waals surface area (Å²) in [6.45, 7) is 22.1. The topological polar surface area (TPSA) is 69.3 Å². The van der Waals surface area contributed by atoms with Gasteiger partial charge in [0.05, 0.1) is 22.4 Å². The molecule has 2 fully saturated rings. The number of hydrogen-bond donors (Lipinski definition) is 1. The molecule has 2 aromatic rings. The molecule has 218 valence electrons. The first-order chi connectivity index (χ1) is 18.5. The minimum absolute atomic E-state index is 0.0419. The number of carbonyl (C=O) groups excluding carboxylic acids is 1. The zero-order valence-electron chi connectivity index (χ0n) is 25.8. The van der Waals surface area contributed by atoms with Gasteiger partial charge in [-0.05, 0) is 86.4 Å². The minimum Gasteiger partial charge on any atom is -0.405 e. The average Bonchev–Trinajstić information content (AvgIpc) is 3.23. The van der Waals surface area contributed by atoms with Gasteiger partial charge >= 0.3 is 20.0 Å². The number of hydrogen-bond acceptors (Lipinski definition) is 5. The van der Waals surface area contributed by atoms with Crippen molar-refractivity contribution in [3.05, 3.63) is 69.7 Å². The molecule has 0 aromatic heterocycles. The fourth-order valence-corrected chi connectivity index (χ4v) is 4.61. The molecule has 4 rings (SSSR count).